The van der Waals surface area contributed by atoms with E-state index in [2.05, 4.69) is 30.4 Å². The average molecular weight is 451 g/mol. The minimum absolute atomic E-state index is 0.195. The van der Waals surface area contributed by atoms with Crippen LogP contribution in [0.4, 0.5) is 5.82 Å². The highest BCUT2D eigenvalue weighted by Gasteiger charge is 2.21. The van der Waals surface area contributed by atoms with Gasteiger partial charge < -0.3 is 14.6 Å². The molecular weight excluding hydrogens is 428 g/mol. The third-order valence-corrected chi connectivity index (χ3v) is 5.18. The van der Waals surface area contributed by atoms with Gasteiger partial charge in [-0.15, -0.1) is 0 Å². The van der Waals surface area contributed by atoms with E-state index in [-0.39, 0.29) is 5.91 Å². The molecule has 1 aromatic carbocycles. The molecule has 9 heteroatoms. The fourth-order valence-electron chi connectivity index (χ4n) is 3.48. The van der Waals surface area contributed by atoms with Crippen molar-refractivity contribution in [3.05, 3.63) is 59.0 Å². The Kier molecular flexibility index (Phi) is 6.07. The summed E-state index contributed by atoms with van der Waals surface area (Å²) in [5, 5.41) is 10.2. The van der Waals surface area contributed by atoms with Gasteiger partial charge in [0, 0.05) is 30.8 Å². The fraction of sp³-hybridized carbons (Fsp3) is 0.217. The Hall–Kier alpha value is -3.49. The van der Waals surface area contributed by atoms with E-state index in [0.717, 1.165) is 34.4 Å². The molecule has 0 radical (unpaired) electrons. The molecule has 8 nitrogen and oxygen atoms in total. The van der Waals surface area contributed by atoms with Gasteiger partial charge in [0.15, 0.2) is 5.82 Å². The number of aryl methyl sites for hydroxylation is 1. The van der Waals surface area contributed by atoms with Crippen molar-refractivity contribution in [1.82, 2.24) is 25.1 Å². The first-order valence-corrected chi connectivity index (χ1v) is 10.4. The summed E-state index contributed by atoms with van der Waals surface area (Å²) < 4.78 is 6.37. The summed E-state index contributed by atoms with van der Waals surface area (Å²) >= 11 is 6.59. The largest absolute Gasteiger partial charge is 0.455 e. The molecule has 0 bridgehead atoms. The first-order valence-electron chi connectivity index (χ1n) is 9.99. The Morgan fingerprint density at radius 3 is 2.66 bits per heavy atom. The number of hydrogen-bond donors (Lipinski definition) is 2. The first-order chi connectivity index (χ1) is 15.3. The molecule has 0 saturated heterocycles. The minimum Gasteiger partial charge on any atom is -0.455 e. The van der Waals surface area contributed by atoms with Gasteiger partial charge in [-0.25, -0.2) is 9.97 Å². The summed E-state index contributed by atoms with van der Waals surface area (Å²) in [4.78, 5) is 22.1. The van der Waals surface area contributed by atoms with Gasteiger partial charge in [0.25, 0.3) is 0 Å². The van der Waals surface area contributed by atoms with Crippen molar-refractivity contribution in [2.75, 3.05) is 19.4 Å². The van der Waals surface area contributed by atoms with Crippen LogP contribution in [0.1, 0.15) is 18.1 Å². The second kappa shape index (κ2) is 8.94. The molecule has 4 aromatic rings. The van der Waals surface area contributed by atoms with E-state index in [9.17, 15) is 4.79 Å². The number of anilines is 1. The Bertz CT molecular complexity index is 1260. The van der Waals surface area contributed by atoms with Gasteiger partial charge in [-0.3, -0.25) is 9.89 Å². The second-order valence-electron chi connectivity index (χ2n) is 7.81. The number of nitrogens with zero attached hydrogens (tertiary/aromatic N) is 4. The van der Waals surface area contributed by atoms with Gasteiger partial charge in [-0.05, 0) is 56.4 Å². The minimum atomic E-state index is -0.195. The van der Waals surface area contributed by atoms with Gasteiger partial charge in [0.1, 0.15) is 23.7 Å². The number of amides is 1. The maximum Gasteiger partial charge on any atom is 0.222 e. The van der Waals surface area contributed by atoms with Crippen molar-refractivity contribution in [1.29, 1.82) is 0 Å². The zero-order valence-corrected chi connectivity index (χ0v) is 19.0. The van der Waals surface area contributed by atoms with Gasteiger partial charge in [-0.1, -0.05) is 17.7 Å². The number of nitrogens with one attached hydrogen (secondary N) is 2. The molecule has 3 heterocycles. The van der Waals surface area contributed by atoms with Crippen molar-refractivity contribution < 1.29 is 9.21 Å². The van der Waals surface area contributed by atoms with Crippen LogP contribution in [0, 0.1) is 6.92 Å². The third kappa shape index (κ3) is 4.56. The molecule has 32 heavy (non-hydrogen) atoms. The van der Waals surface area contributed by atoms with Gasteiger partial charge in [0.05, 0.1) is 10.6 Å². The zero-order valence-electron chi connectivity index (χ0n) is 18.2. The summed E-state index contributed by atoms with van der Waals surface area (Å²) in [5.74, 6) is 2.01. The van der Waals surface area contributed by atoms with Crippen LogP contribution in [0.25, 0.3) is 34.0 Å². The van der Waals surface area contributed by atoms with E-state index in [0.29, 0.717) is 28.2 Å². The fourth-order valence-corrected chi connectivity index (χ4v) is 3.69. The number of carbonyl (C=O) groups excluding carboxylic acids is 1. The van der Waals surface area contributed by atoms with Crippen molar-refractivity contribution in [2.24, 2.45) is 0 Å². The molecule has 4 rings (SSSR count). The van der Waals surface area contributed by atoms with Crippen LogP contribution < -0.4 is 5.32 Å². The predicted molar refractivity (Wildman–Crippen MR) is 124 cm³/mol. The van der Waals surface area contributed by atoms with Crippen LogP contribution in [-0.2, 0) is 11.3 Å². The molecule has 0 atom stereocenters. The van der Waals surface area contributed by atoms with Crippen LogP contribution in [0.5, 0.6) is 0 Å². The number of pyridine rings is 1. The predicted octanol–water partition coefficient (Wildman–Crippen LogP) is 4.78. The normalized spacial score (nSPS) is 11.2. The van der Waals surface area contributed by atoms with Crippen molar-refractivity contribution in [3.8, 4) is 34.0 Å². The maximum absolute atomic E-state index is 11.5. The summed E-state index contributed by atoms with van der Waals surface area (Å²) in [6.45, 7) is 4.14. The van der Waals surface area contributed by atoms with Crippen LogP contribution in [-0.4, -0.2) is 45.1 Å². The van der Waals surface area contributed by atoms with Gasteiger partial charge in [-0.2, -0.15) is 5.10 Å². The maximum atomic E-state index is 11.5. The number of H-pyrrole nitrogens is 1. The monoisotopic (exact) mass is 450 g/mol. The van der Waals surface area contributed by atoms with E-state index < -0.39 is 0 Å². The molecule has 1 amide bonds. The Morgan fingerprint density at radius 1 is 1.16 bits per heavy atom. The number of rotatable bonds is 6. The highest BCUT2D eigenvalue weighted by molar-refractivity contribution is 6.33. The molecule has 3 aromatic heterocycles. The van der Waals surface area contributed by atoms with Crippen molar-refractivity contribution in [2.45, 2.75) is 20.4 Å². The van der Waals surface area contributed by atoms with E-state index >= 15 is 0 Å². The summed E-state index contributed by atoms with van der Waals surface area (Å²) in [6.07, 6.45) is 3.14. The number of carbonyl (C=O) groups is 1. The molecule has 0 aliphatic heterocycles. The summed E-state index contributed by atoms with van der Waals surface area (Å²) in [6, 6.07) is 9.57. The van der Waals surface area contributed by atoms with Crippen LogP contribution >= 0.6 is 11.6 Å². The average Bonchev–Trinajstić information content (AvgIpc) is 3.40. The number of halogens is 1. The Labute approximate surface area is 190 Å². The van der Waals surface area contributed by atoms with Crippen molar-refractivity contribution in [3.63, 3.8) is 0 Å². The highest BCUT2D eigenvalue weighted by Crippen LogP contribution is 2.41. The molecule has 164 valence electrons. The lowest BCUT2D eigenvalue weighted by Gasteiger charge is -2.12. The molecule has 0 spiro atoms. The van der Waals surface area contributed by atoms with Gasteiger partial charge >= 0.3 is 0 Å². The summed E-state index contributed by atoms with van der Waals surface area (Å²) in [7, 11) is 4.02. The number of hydrogen-bond acceptors (Lipinski definition) is 6. The smallest absolute Gasteiger partial charge is 0.222 e. The number of benzene rings is 1. The topological polar surface area (TPSA) is 99.9 Å². The number of aromatic nitrogens is 4. The zero-order chi connectivity index (χ0) is 22.8. The van der Waals surface area contributed by atoms with Crippen LogP contribution in [0.2, 0.25) is 5.02 Å². The van der Waals surface area contributed by atoms with E-state index in [1.54, 1.807) is 12.3 Å². The standard InChI is InChI=1S/C23H23ClN6O2/c1-13-10-25-21(28-14(2)31)9-16(13)20-8-18(23-26-12-27-29-23)22(32-20)17-7-15(11-30(3)4)5-6-19(17)24/h5-10,12H,11H2,1-4H3,(H,25,28,31)(H,26,27,29). The molecule has 0 aliphatic carbocycles. The quantitative estimate of drug-likeness (QED) is 0.438. The second-order valence-corrected chi connectivity index (χ2v) is 8.21. The van der Waals surface area contributed by atoms with Crippen molar-refractivity contribution >= 4 is 23.3 Å². The third-order valence-electron chi connectivity index (χ3n) is 4.85. The molecule has 0 fully saturated rings. The molecule has 0 saturated carbocycles. The Balaban J connectivity index is 1.88. The number of furan rings is 1. The van der Waals surface area contributed by atoms with E-state index in [1.807, 2.05) is 45.3 Å². The molecule has 0 aliphatic rings. The lowest BCUT2D eigenvalue weighted by Crippen LogP contribution is -2.10. The molecule has 2 N–H and O–H groups in total. The highest BCUT2D eigenvalue weighted by atomic mass is 35.5. The SMILES string of the molecule is CC(=O)Nc1cc(-c2cc(-c3ncn[nH]3)c(-c3cc(CN(C)C)ccc3Cl)o2)c(C)cn1. The summed E-state index contributed by atoms with van der Waals surface area (Å²) in [5.41, 5.74) is 4.30. The van der Waals surface area contributed by atoms with Crippen LogP contribution in [0.3, 0.4) is 0 Å². The van der Waals surface area contributed by atoms with E-state index in [1.165, 1.54) is 13.3 Å². The van der Waals surface area contributed by atoms with Crippen LogP contribution in [0.15, 0.2) is 47.3 Å². The molecule has 0 unspecified atom stereocenters. The molecular formula is C23H23ClN6O2. The lowest BCUT2D eigenvalue weighted by molar-refractivity contribution is -0.114. The van der Waals surface area contributed by atoms with E-state index in [4.69, 9.17) is 16.0 Å². The van der Waals surface area contributed by atoms with Gasteiger partial charge in [0.2, 0.25) is 5.91 Å². The Morgan fingerprint density at radius 2 is 1.97 bits per heavy atom. The lowest BCUT2D eigenvalue weighted by atomic mass is 10.0. The number of aromatic amines is 1. The first kappa shape index (κ1) is 21.7.